The summed E-state index contributed by atoms with van der Waals surface area (Å²) in [5, 5.41) is 0. The van der Waals surface area contributed by atoms with E-state index in [0.29, 0.717) is 0 Å². The molecule has 1 saturated heterocycles. The van der Waals surface area contributed by atoms with Crippen LogP contribution in [0.4, 0.5) is 4.79 Å². The molecule has 0 spiro atoms. The molecule has 1 aromatic rings. The summed E-state index contributed by atoms with van der Waals surface area (Å²) < 4.78 is 5.74. The zero-order chi connectivity index (χ0) is 14.4. The number of carbonyl (C=O) groups excluding carboxylic acids is 1. The lowest BCUT2D eigenvalue weighted by molar-refractivity contribution is 0.0164. The van der Waals surface area contributed by atoms with Crippen LogP contribution >= 0.6 is 0 Å². The van der Waals surface area contributed by atoms with Crippen molar-refractivity contribution in [1.82, 2.24) is 4.90 Å². The average Bonchev–Trinajstić information content (AvgIpc) is 2.51. The van der Waals surface area contributed by atoms with E-state index in [4.69, 9.17) is 4.74 Å². The molecule has 1 aliphatic carbocycles. The normalized spacial score (nSPS) is 31.8. The number of cyclic esters (lactones) is 1. The van der Waals surface area contributed by atoms with Crippen molar-refractivity contribution in [3.05, 3.63) is 41.5 Å². The summed E-state index contributed by atoms with van der Waals surface area (Å²) in [7, 11) is 0. The molecule has 0 bridgehead atoms. The molecule has 2 fully saturated rings. The molecule has 1 amide bonds. The molecule has 2 aliphatic heterocycles. The van der Waals surface area contributed by atoms with E-state index in [0.717, 1.165) is 30.7 Å². The molecule has 1 aromatic carbocycles. The van der Waals surface area contributed by atoms with Crippen LogP contribution in [0.5, 0.6) is 0 Å². The Kier molecular flexibility index (Phi) is 2.84. The average molecular weight is 283 g/mol. The summed E-state index contributed by atoms with van der Waals surface area (Å²) >= 11 is 0. The van der Waals surface area contributed by atoms with Gasteiger partial charge in [-0.05, 0) is 43.1 Å². The van der Waals surface area contributed by atoms with Crippen LogP contribution < -0.4 is 0 Å². The molecule has 2 atom stereocenters. The van der Waals surface area contributed by atoms with Gasteiger partial charge in [0.15, 0.2) is 0 Å². The third kappa shape index (κ3) is 1.90. The Morgan fingerprint density at radius 2 is 1.95 bits per heavy atom. The second-order valence-electron chi connectivity index (χ2n) is 6.80. The smallest absolute Gasteiger partial charge is 0.410 e. The van der Waals surface area contributed by atoms with Gasteiger partial charge in [-0.1, -0.05) is 37.3 Å². The monoisotopic (exact) mass is 283 g/mol. The Morgan fingerprint density at radius 1 is 1.19 bits per heavy atom. The summed E-state index contributed by atoms with van der Waals surface area (Å²) in [4.78, 5) is 14.4. The van der Waals surface area contributed by atoms with Crippen LogP contribution in [-0.2, 0) is 4.74 Å². The van der Waals surface area contributed by atoms with E-state index in [1.165, 1.54) is 24.8 Å². The zero-order valence-electron chi connectivity index (χ0n) is 12.5. The number of hydrogen-bond donors (Lipinski definition) is 0. The predicted molar refractivity (Wildman–Crippen MR) is 81.5 cm³/mol. The molecule has 21 heavy (non-hydrogen) atoms. The summed E-state index contributed by atoms with van der Waals surface area (Å²) in [6, 6.07) is 10.3. The third-order valence-corrected chi connectivity index (χ3v) is 5.39. The summed E-state index contributed by atoms with van der Waals surface area (Å²) in [6.45, 7) is 3.19. The molecule has 4 rings (SSSR count). The van der Waals surface area contributed by atoms with Gasteiger partial charge in [0.05, 0.1) is 6.04 Å². The molecule has 3 nitrogen and oxygen atoms in total. The van der Waals surface area contributed by atoms with Crippen LogP contribution in [0.15, 0.2) is 35.9 Å². The van der Waals surface area contributed by atoms with E-state index < -0.39 is 0 Å². The highest BCUT2D eigenvalue weighted by atomic mass is 16.6. The largest absolute Gasteiger partial charge is 0.415 e. The Hall–Kier alpha value is -1.77. The number of benzene rings is 1. The van der Waals surface area contributed by atoms with E-state index in [9.17, 15) is 4.79 Å². The van der Waals surface area contributed by atoms with Crippen LogP contribution in [0.1, 0.15) is 44.6 Å². The molecule has 3 heteroatoms. The molecule has 110 valence electrons. The highest BCUT2D eigenvalue weighted by molar-refractivity contribution is 5.82. The second-order valence-corrected chi connectivity index (χ2v) is 6.80. The van der Waals surface area contributed by atoms with Gasteiger partial charge < -0.3 is 9.64 Å². The predicted octanol–water partition coefficient (Wildman–Crippen LogP) is 4.20. The molecule has 0 unspecified atom stereocenters. The minimum atomic E-state index is -0.157. The minimum absolute atomic E-state index is 0.157. The van der Waals surface area contributed by atoms with Gasteiger partial charge in [0.25, 0.3) is 0 Å². The number of piperidine rings is 1. The lowest BCUT2D eigenvalue weighted by atomic mass is 9.64. The first-order chi connectivity index (χ1) is 10.2. The van der Waals surface area contributed by atoms with Crippen molar-refractivity contribution < 1.29 is 9.53 Å². The number of amides is 1. The van der Waals surface area contributed by atoms with Crippen LogP contribution in [0, 0.1) is 5.41 Å². The Bertz CT molecular complexity index is 603. The number of nitrogens with zero attached hydrogens (tertiary/aromatic N) is 1. The van der Waals surface area contributed by atoms with Crippen LogP contribution in [0.3, 0.4) is 0 Å². The number of rotatable bonds is 1. The lowest BCUT2D eigenvalue weighted by Gasteiger charge is -2.53. The molecule has 0 radical (unpaired) electrons. The molecule has 0 aromatic heterocycles. The van der Waals surface area contributed by atoms with Gasteiger partial charge in [-0.2, -0.15) is 0 Å². The van der Waals surface area contributed by atoms with Crippen LogP contribution in [-0.4, -0.2) is 23.6 Å². The topological polar surface area (TPSA) is 29.5 Å². The highest BCUT2D eigenvalue weighted by Gasteiger charge is 2.50. The highest BCUT2D eigenvalue weighted by Crippen LogP contribution is 2.51. The van der Waals surface area contributed by atoms with Gasteiger partial charge in [0, 0.05) is 12.1 Å². The maximum Gasteiger partial charge on any atom is 0.415 e. The van der Waals surface area contributed by atoms with Gasteiger partial charge in [0.2, 0.25) is 0 Å². The SMILES string of the molecule is C[C@]12CCCC3=C(c4ccccc4)OC(=O)N(CCC1)[C@H]32. The molecule has 1 saturated carbocycles. The third-order valence-electron chi connectivity index (χ3n) is 5.39. The molecule has 3 aliphatic rings. The lowest BCUT2D eigenvalue weighted by Crippen LogP contribution is -2.58. The number of hydrogen-bond acceptors (Lipinski definition) is 2. The van der Waals surface area contributed by atoms with Gasteiger partial charge >= 0.3 is 6.09 Å². The van der Waals surface area contributed by atoms with E-state index in [-0.39, 0.29) is 17.6 Å². The van der Waals surface area contributed by atoms with E-state index in [2.05, 4.69) is 6.92 Å². The summed E-state index contributed by atoms with van der Waals surface area (Å²) in [6.07, 6.45) is 5.62. The maximum atomic E-state index is 12.5. The second kappa shape index (κ2) is 4.62. The fourth-order valence-corrected chi connectivity index (χ4v) is 4.46. The summed E-state index contributed by atoms with van der Waals surface area (Å²) in [5.74, 6) is 0.828. The van der Waals surface area contributed by atoms with Gasteiger partial charge in [-0.3, -0.25) is 0 Å². The fourth-order valence-electron chi connectivity index (χ4n) is 4.46. The standard InChI is InChI=1S/C18H21NO2/c1-18-10-5-9-14-15(13-7-3-2-4-8-13)21-17(20)19(16(14)18)12-6-11-18/h2-4,7-8,16H,5-6,9-12H2,1H3/t16-,18+/m1/s1. The van der Waals surface area contributed by atoms with Crippen molar-refractivity contribution in [3.63, 3.8) is 0 Å². The first-order valence-corrected chi connectivity index (χ1v) is 7.96. The van der Waals surface area contributed by atoms with Gasteiger partial charge in [-0.15, -0.1) is 0 Å². The molecule has 0 N–H and O–H groups in total. The Labute approximate surface area is 125 Å². The van der Waals surface area contributed by atoms with Crippen molar-refractivity contribution in [2.24, 2.45) is 5.41 Å². The van der Waals surface area contributed by atoms with Gasteiger partial charge in [0.1, 0.15) is 5.76 Å². The van der Waals surface area contributed by atoms with Crippen LogP contribution in [0.2, 0.25) is 0 Å². The van der Waals surface area contributed by atoms with Crippen molar-refractivity contribution in [2.75, 3.05) is 6.54 Å². The fraction of sp³-hybridized carbons (Fsp3) is 0.500. The van der Waals surface area contributed by atoms with Gasteiger partial charge in [-0.25, -0.2) is 4.79 Å². The Morgan fingerprint density at radius 3 is 2.76 bits per heavy atom. The van der Waals surface area contributed by atoms with Crippen molar-refractivity contribution >= 4 is 11.9 Å². The van der Waals surface area contributed by atoms with E-state index in [1.807, 2.05) is 35.2 Å². The minimum Gasteiger partial charge on any atom is -0.410 e. The first kappa shape index (κ1) is 12.9. The van der Waals surface area contributed by atoms with Crippen molar-refractivity contribution in [2.45, 2.75) is 45.1 Å². The van der Waals surface area contributed by atoms with E-state index in [1.54, 1.807) is 0 Å². The number of ether oxygens (including phenoxy) is 1. The first-order valence-electron chi connectivity index (χ1n) is 7.96. The summed E-state index contributed by atoms with van der Waals surface area (Å²) in [5.41, 5.74) is 2.61. The zero-order valence-corrected chi connectivity index (χ0v) is 12.5. The van der Waals surface area contributed by atoms with Crippen molar-refractivity contribution in [1.29, 1.82) is 0 Å². The molecular weight excluding hydrogens is 262 g/mol. The van der Waals surface area contributed by atoms with Crippen LogP contribution in [0.25, 0.3) is 5.76 Å². The molecular formula is C18H21NO2. The quantitative estimate of drug-likeness (QED) is 0.773. The Balaban J connectivity index is 1.87. The maximum absolute atomic E-state index is 12.5. The van der Waals surface area contributed by atoms with Crippen molar-refractivity contribution in [3.8, 4) is 0 Å². The number of carbonyl (C=O) groups is 1. The molecule has 2 heterocycles. The van der Waals surface area contributed by atoms with E-state index >= 15 is 0 Å².